The van der Waals surface area contributed by atoms with E-state index in [1.165, 1.54) is 0 Å². The first-order valence-corrected chi connectivity index (χ1v) is 5.08. The number of ether oxygens (including phenoxy) is 1. The molecule has 0 bridgehead atoms. The van der Waals surface area contributed by atoms with E-state index in [0.717, 1.165) is 11.3 Å². The lowest BCUT2D eigenvalue weighted by molar-refractivity contribution is 0.280. The van der Waals surface area contributed by atoms with Crippen molar-refractivity contribution >= 4 is 0 Å². The van der Waals surface area contributed by atoms with Crippen molar-refractivity contribution in [1.82, 2.24) is 10.2 Å². The minimum absolute atomic E-state index is 0.297. The van der Waals surface area contributed by atoms with Crippen molar-refractivity contribution in [3.63, 3.8) is 0 Å². The number of aliphatic hydroxyl groups excluding tert-OH is 1. The van der Waals surface area contributed by atoms with Crippen LogP contribution in [-0.4, -0.2) is 22.4 Å². The van der Waals surface area contributed by atoms with Crippen LogP contribution in [0.5, 0.6) is 5.75 Å². The molecule has 0 aliphatic heterocycles. The quantitative estimate of drug-likeness (QED) is 0.825. The van der Waals surface area contributed by atoms with Crippen molar-refractivity contribution < 1.29 is 9.84 Å². The molecule has 5 nitrogen and oxygen atoms in total. The molecule has 0 spiro atoms. The van der Waals surface area contributed by atoms with Crippen LogP contribution in [0.25, 0.3) is 11.3 Å². The number of nitrogens with zero attached hydrogens (tertiary/aromatic N) is 1. The van der Waals surface area contributed by atoms with Gasteiger partial charge in [0.25, 0.3) is 5.56 Å². The molecule has 2 aromatic rings. The van der Waals surface area contributed by atoms with Gasteiger partial charge in [-0.2, -0.15) is 5.10 Å². The molecule has 17 heavy (non-hydrogen) atoms. The summed E-state index contributed by atoms with van der Waals surface area (Å²) in [5.74, 6) is 0.751. The maximum absolute atomic E-state index is 11.2. The molecule has 0 amide bonds. The van der Waals surface area contributed by atoms with Crippen LogP contribution in [0.15, 0.2) is 35.1 Å². The van der Waals surface area contributed by atoms with Crippen molar-refractivity contribution in [2.24, 2.45) is 0 Å². The number of aliphatic hydroxyl groups is 1. The summed E-state index contributed by atoms with van der Waals surface area (Å²) in [6.07, 6.45) is 0. The summed E-state index contributed by atoms with van der Waals surface area (Å²) in [4.78, 5) is 11.2. The van der Waals surface area contributed by atoms with Crippen molar-refractivity contribution in [2.45, 2.75) is 6.61 Å². The number of hydrogen-bond acceptors (Lipinski definition) is 4. The van der Waals surface area contributed by atoms with Crippen LogP contribution in [0.4, 0.5) is 0 Å². The van der Waals surface area contributed by atoms with Gasteiger partial charge in [-0.25, -0.2) is 5.10 Å². The van der Waals surface area contributed by atoms with Crippen LogP contribution in [0.3, 0.4) is 0 Å². The highest BCUT2D eigenvalue weighted by atomic mass is 16.5. The van der Waals surface area contributed by atoms with Crippen molar-refractivity contribution in [1.29, 1.82) is 0 Å². The van der Waals surface area contributed by atoms with E-state index in [9.17, 15) is 4.79 Å². The average molecular weight is 232 g/mol. The van der Waals surface area contributed by atoms with Crippen LogP contribution in [0, 0.1) is 0 Å². The molecule has 1 heterocycles. The van der Waals surface area contributed by atoms with E-state index in [1.807, 2.05) is 12.1 Å². The highest BCUT2D eigenvalue weighted by molar-refractivity contribution is 5.60. The van der Waals surface area contributed by atoms with Gasteiger partial charge in [-0.15, -0.1) is 0 Å². The largest absolute Gasteiger partial charge is 0.497 e. The summed E-state index contributed by atoms with van der Waals surface area (Å²) in [6, 6.07) is 8.85. The lowest BCUT2D eigenvalue weighted by Crippen LogP contribution is -2.14. The second-order valence-corrected chi connectivity index (χ2v) is 3.49. The van der Waals surface area contributed by atoms with Gasteiger partial charge in [0, 0.05) is 11.1 Å². The third-order valence-corrected chi connectivity index (χ3v) is 2.44. The van der Waals surface area contributed by atoms with Gasteiger partial charge < -0.3 is 9.84 Å². The molecule has 2 N–H and O–H groups in total. The van der Waals surface area contributed by atoms with Gasteiger partial charge in [0.05, 0.1) is 19.4 Å². The number of methoxy groups -OCH3 is 1. The SMILES string of the molecule is COc1ccc(-c2cc(CO)c(=O)[nH]n2)cc1. The summed E-state index contributed by atoms with van der Waals surface area (Å²) in [5, 5.41) is 15.3. The minimum Gasteiger partial charge on any atom is -0.497 e. The molecule has 1 aromatic carbocycles. The molecular formula is C12H12N2O3. The standard InChI is InChI=1S/C12H12N2O3/c1-17-10-4-2-8(3-5-10)11-6-9(7-15)12(16)14-13-11/h2-6,15H,7H2,1H3,(H,14,16). The van der Waals surface area contributed by atoms with Crippen molar-refractivity contribution in [2.75, 3.05) is 7.11 Å². The Kier molecular flexibility index (Phi) is 3.20. The molecule has 0 radical (unpaired) electrons. The van der Waals surface area contributed by atoms with E-state index in [1.54, 1.807) is 25.3 Å². The number of aromatic nitrogens is 2. The molecular weight excluding hydrogens is 220 g/mol. The molecule has 88 valence electrons. The smallest absolute Gasteiger partial charge is 0.269 e. The lowest BCUT2D eigenvalue weighted by Gasteiger charge is -2.03. The number of hydrogen-bond donors (Lipinski definition) is 2. The van der Waals surface area contributed by atoms with Gasteiger partial charge >= 0.3 is 0 Å². The van der Waals surface area contributed by atoms with E-state index in [-0.39, 0.29) is 12.2 Å². The summed E-state index contributed by atoms with van der Waals surface area (Å²) < 4.78 is 5.05. The Labute approximate surface area is 97.7 Å². The summed E-state index contributed by atoms with van der Waals surface area (Å²) in [5.41, 5.74) is 1.38. The molecule has 5 heteroatoms. The third kappa shape index (κ3) is 2.34. The van der Waals surface area contributed by atoms with Gasteiger partial charge in [0.15, 0.2) is 0 Å². The Bertz CT molecular complexity index is 561. The summed E-state index contributed by atoms with van der Waals surface area (Å²) in [6.45, 7) is -0.305. The zero-order valence-corrected chi connectivity index (χ0v) is 9.30. The molecule has 0 saturated carbocycles. The minimum atomic E-state index is -0.371. The summed E-state index contributed by atoms with van der Waals surface area (Å²) in [7, 11) is 1.59. The third-order valence-electron chi connectivity index (χ3n) is 2.44. The van der Waals surface area contributed by atoms with Crippen LogP contribution < -0.4 is 10.3 Å². The van der Waals surface area contributed by atoms with Gasteiger partial charge in [-0.3, -0.25) is 4.79 Å². The van der Waals surface area contributed by atoms with Gasteiger partial charge in [0.1, 0.15) is 5.75 Å². The number of benzene rings is 1. The van der Waals surface area contributed by atoms with E-state index < -0.39 is 0 Å². The first-order chi connectivity index (χ1) is 8.24. The number of H-pyrrole nitrogens is 1. The fourth-order valence-electron chi connectivity index (χ4n) is 1.47. The predicted molar refractivity (Wildman–Crippen MR) is 62.8 cm³/mol. The number of rotatable bonds is 3. The van der Waals surface area contributed by atoms with E-state index in [0.29, 0.717) is 11.3 Å². The van der Waals surface area contributed by atoms with Gasteiger partial charge in [-0.05, 0) is 30.3 Å². The zero-order chi connectivity index (χ0) is 12.3. The first-order valence-electron chi connectivity index (χ1n) is 5.08. The van der Waals surface area contributed by atoms with E-state index >= 15 is 0 Å². The lowest BCUT2D eigenvalue weighted by atomic mass is 10.1. The Balaban J connectivity index is 2.42. The summed E-state index contributed by atoms with van der Waals surface area (Å²) >= 11 is 0. The fraction of sp³-hybridized carbons (Fsp3) is 0.167. The Morgan fingerprint density at radius 2 is 2.06 bits per heavy atom. The topological polar surface area (TPSA) is 75.2 Å². The molecule has 0 unspecified atom stereocenters. The fourth-order valence-corrected chi connectivity index (χ4v) is 1.47. The van der Waals surface area contributed by atoms with Gasteiger partial charge in [0.2, 0.25) is 0 Å². The number of nitrogens with one attached hydrogen (secondary N) is 1. The zero-order valence-electron chi connectivity index (χ0n) is 9.30. The second-order valence-electron chi connectivity index (χ2n) is 3.49. The first kappa shape index (κ1) is 11.3. The average Bonchev–Trinajstić information content (AvgIpc) is 2.39. The Hall–Kier alpha value is -2.14. The molecule has 0 aliphatic rings. The highest BCUT2D eigenvalue weighted by Gasteiger charge is 2.04. The molecule has 0 aliphatic carbocycles. The van der Waals surface area contributed by atoms with Crippen molar-refractivity contribution in [3.05, 3.63) is 46.2 Å². The van der Waals surface area contributed by atoms with Crippen molar-refractivity contribution in [3.8, 4) is 17.0 Å². The van der Waals surface area contributed by atoms with Crippen LogP contribution >= 0.6 is 0 Å². The molecule has 0 fully saturated rings. The molecule has 0 saturated heterocycles. The monoisotopic (exact) mass is 232 g/mol. The maximum Gasteiger partial charge on any atom is 0.269 e. The Morgan fingerprint density at radius 1 is 1.35 bits per heavy atom. The Morgan fingerprint density at radius 3 is 2.65 bits per heavy atom. The molecule has 2 rings (SSSR count). The van der Waals surface area contributed by atoms with E-state index in [4.69, 9.17) is 9.84 Å². The predicted octanol–water partition coefficient (Wildman–Crippen LogP) is 0.938. The normalized spacial score (nSPS) is 10.2. The maximum atomic E-state index is 11.2. The molecule has 1 aromatic heterocycles. The van der Waals surface area contributed by atoms with Crippen LogP contribution in [0.2, 0.25) is 0 Å². The van der Waals surface area contributed by atoms with Crippen LogP contribution in [-0.2, 0) is 6.61 Å². The highest BCUT2D eigenvalue weighted by Crippen LogP contribution is 2.19. The van der Waals surface area contributed by atoms with Crippen LogP contribution in [0.1, 0.15) is 5.56 Å². The van der Waals surface area contributed by atoms with Gasteiger partial charge in [-0.1, -0.05) is 0 Å². The molecule has 0 atom stereocenters. The number of aromatic amines is 1. The second kappa shape index (κ2) is 4.80. The van der Waals surface area contributed by atoms with E-state index in [2.05, 4.69) is 10.2 Å².